The van der Waals surface area contributed by atoms with Crippen LogP contribution < -0.4 is 11.2 Å². The van der Waals surface area contributed by atoms with Gasteiger partial charge in [-0.1, -0.05) is 37.0 Å². The monoisotopic (exact) mass is 469 g/mol. The molecule has 30 heavy (non-hydrogen) atoms. The van der Waals surface area contributed by atoms with E-state index in [1.54, 1.807) is 0 Å². The molecule has 10 nitrogen and oxygen atoms in total. The Morgan fingerprint density at radius 2 is 1.87 bits per heavy atom. The van der Waals surface area contributed by atoms with E-state index >= 15 is 0 Å². The van der Waals surface area contributed by atoms with Crippen molar-refractivity contribution in [3.05, 3.63) is 60.6 Å². The lowest BCUT2D eigenvalue weighted by Gasteiger charge is -2.12. The first-order valence-electron chi connectivity index (χ1n) is 8.28. The minimum atomic E-state index is -1.60. The summed E-state index contributed by atoms with van der Waals surface area (Å²) < 4.78 is 0.672. The summed E-state index contributed by atoms with van der Waals surface area (Å²) in [6.07, 6.45) is 1.28. The summed E-state index contributed by atoms with van der Waals surface area (Å²) in [5.74, 6) is -1.67. The Morgan fingerprint density at radius 1 is 1.23 bits per heavy atom. The number of nitrogens with one attached hydrogen (secondary N) is 1. The lowest BCUT2D eigenvalue weighted by molar-refractivity contribution is 0.0685. The van der Waals surface area contributed by atoms with Crippen LogP contribution in [0.4, 0.5) is 0 Å². The Kier molecular flexibility index (Phi) is 6.15. The number of aromatic carboxylic acids is 1. The van der Waals surface area contributed by atoms with Gasteiger partial charge in [-0.15, -0.1) is 0 Å². The van der Waals surface area contributed by atoms with E-state index in [2.05, 4.69) is 15.1 Å². The number of nitrogens with zero attached hydrogens (tertiary/aromatic N) is 4. The molecule has 0 aliphatic heterocycles. The van der Waals surface area contributed by atoms with Gasteiger partial charge in [-0.25, -0.2) is 19.6 Å². The van der Waals surface area contributed by atoms with E-state index in [0.717, 1.165) is 11.8 Å². The number of aromatic hydroxyl groups is 1. The van der Waals surface area contributed by atoms with Crippen molar-refractivity contribution in [3.8, 4) is 11.4 Å². The van der Waals surface area contributed by atoms with Crippen LogP contribution in [0.3, 0.4) is 0 Å². The van der Waals surface area contributed by atoms with Crippen molar-refractivity contribution in [3.63, 3.8) is 0 Å². The zero-order valence-electron chi connectivity index (χ0n) is 15.4. The summed E-state index contributed by atoms with van der Waals surface area (Å²) in [6.45, 7) is 3.73. The number of hydrogen-bond acceptors (Lipinski definition) is 8. The second-order valence-electron chi connectivity index (χ2n) is 6.24. The van der Waals surface area contributed by atoms with Gasteiger partial charge in [-0.3, -0.25) is 9.78 Å². The second-order valence-corrected chi connectivity index (χ2v) is 8.04. The van der Waals surface area contributed by atoms with Gasteiger partial charge >= 0.3 is 11.7 Å². The molecule has 0 amide bonds. The first kappa shape index (κ1) is 21.8. The van der Waals surface area contributed by atoms with E-state index in [0.29, 0.717) is 20.4 Å². The van der Waals surface area contributed by atoms with E-state index < -0.39 is 22.9 Å². The van der Waals surface area contributed by atoms with Crippen molar-refractivity contribution in [2.24, 2.45) is 0 Å². The number of H-pyrrole nitrogens is 1. The van der Waals surface area contributed by atoms with E-state index in [9.17, 15) is 19.5 Å². The molecule has 0 aliphatic carbocycles. The van der Waals surface area contributed by atoms with Crippen LogP contribution in [0.2, 0.25) is 10.0 Å². The maximum absolute atomic E-state index is 12.1. The molecule has 3 aromatic rings. The van der Waals surface area contributed by atoms with Gasteiger partial charge in [-0.05, 0) is 29.8 Å². The van der Waals surface area contributed by atoms with E-state index in [1.165, 1.54) is 18.3 Å². The molecule has 0 atom stereocenters. The largest absolute Gasteiger partial charge is 0.504 e. The number of rotatable bonds is 5. The third-order valence-corrected chi connectivity index (χ3v) is 5.62. The molecule has 0 bridgehead atoms. The molecule has 0 fully saturated rings. The summed E-state index contributed by atoms with van der Waals surface area (Å²) in [5.41, 5.74) is -2.44. The average Bonchev–Trinajstić information content (AvgIpc) is 2.65. The van der Waals surface area contributed by atoms with Gasteiger partial charge in [0, 0.05) is 0 Å². The molecule has 3 N–H and O–H groups in total. The van der Waals surface area contributed by atoms with Gasteiger partial charge in [0.15, 0.2) is 10.9 Å². The van der Waals surface area contributed by atoms with Gasteiger partial charge in [0.2, 0.25) is 5.69 Å². The molecule has 2 aromatic heterocycles. The molecule has 2 heterocycles. The fourth-order valence-corrected chi connectivity index (χ4v) is 3.87. The van der Waals surface area contributed by atoms with Crippen molar-refractivity contribution in [2.75, 3.05) is 0 Å². The topological polar surface area (TPSA) is 151 Å². The predicted molar refractivity (Wildman–Crippen MR) is 109 cm³/mol. The maximum atomic E-state index is 12.1. The number of carboxylic acids is 1. The Labute approximate surface area is 182 Å². The second kappa shape index (κ2) is 8.46. The van der Waals surface area contributed by atoms with Gasteiger partial charge in [0.05, 0.1) is 32.5 Å². The van der Waals surface area contributed by atoms with Crippen LogP contribution in [0.5, 0.6) is 5.75 Å². The summed E-state index contributed by atoms with van der Waals surface area (Å²) >= 11 is 13.7. The summed E-state index contributed by atoms with van der Waals surface area (Å²) in [5, 5.41) is 23.0. The highest BCUT2D eigenvalue weighted by molar-refractivity contribution is 7.99. The molecule has 0 spiro atoms. The summed E-state index contributed by atoms with van der Waals surface area (Å²) in [6, 6.07) is 2.66. The van der Waals surface area contributed by atoms with Crippen molar-refractivity contribution in [1.82, 2.24) is 24.7 Å². The molecule has 13 heteroatoms. The Bertz CT molecular complexity index is 1250. The minimum absolute atomic E-state index is 0.0281. The zero-order chi connectivity index (χ0) is 22.2. The zero-order valence-corrected chi connectivity index (χ0v) is 17.7. The highest BCUT2D eigenvalue weighted by Crippen LogP contribution is 2.39. The molecule has 0 saturated heterocycles. The number of halogens is 2. The molecule has 156 valence electrons. The average molecular weight is 470 g/mol. The highest BCUT2D eigenvalue weighted by atomic mass is 35.5. The molecule has 1 aromatic carbocycles. The fraction of sp³-hybridized carbons (Fsp3) is 0.176. The molecular formula is C17H13Cl2N5O5S. The van der Waals surface area contributed by atoms with Gasteiger partial charge in [-0.2, -0.15) is 9.78 Å². The van der Waals surface area contributed by atoms with Crippen LogP contribution in [0.15, 0.2) is 38.0 Å². The summed E-state index contributed by atoms with van der Waals surface area (Å²) in [7, 11) is 0. The smallest absolute Gasteiger partial charge is 0.362 e. The van der Waals surface area contributed by atoms with Crippen LogP contribution in [0.25, 0.3) is 5.69 Å². The first-order valence-corrected chi connectivity index (χ1v) is 9.85. The number of aromatic amines is 1. The van der Waals surface area contributed by atoms with Crippen LogP contribution in [0.1, 0.15) is 35.9 Å². The SMILES string of the molecule is CC(C)c1nc(Sc2c(Cl)cc(-n3nc(C(=O)O)c(=O)[nH]c3=O)cc2Cl)ncc1O. The quantitative estimate of drug-likeness (QED) is 0.478. The lowest BCUT2D eigenvalue weighted by atomic mass is 10.1. The minimum Gasteiger partial charge on any atom is -0.504 e. The number of hydrogen-bond donors (Lipinski definition) is 3. The Morgan fingerprint density at radius 3 is 2.43 bits per heavy atom. The van der Waals surface area contributed by atoms with Gasteiger partial charge < -0.3 is 10.2 Å². The summed E-state index contributed by atoms with van der Waals surface area (Å²) in [4.78, 5) is 45.3. The number of carbonyl (C=O) groups is 1. The van der Waals surface area contributed by atoms with E-state index in [4.69, 9.17) is 28.3 Å². The standard InChI is InChI=1S/C17H13Cl2N5O5S/c1-6(2)11-10(25)5-20-16(21-11)30-13-8(18)3-7(4-9(13)19)24-17(29)22-14(26)12(23-24)15(27)28/h3-6,25H,1-2H3,(H,27,28)(H,22,26,29). The van der Waals surface area contributed by atoms with E-state index in [-0.39, 0.29) is 27.4 Å². The third kappa shape index (κ3) is 4.32. The normalized spacial score (nSPS) is 11.1. The molecule has 3 rings (SSSR count). The van der Waals surface area contributed by atoms with Crippen LogP contribution >= 0.6 is 35.0 Å². The number of carboxylic acid groups (broad SMARTS) is 1. The maximum Gasteiger partial charge on any atom is 0.362 e. The van der Waals surface area contributed by atoms with Crippen molar-refractivity contribution in [1.29, 1.82) is 0 Å². The van der Waals surface area contributed by atoms with Crippen LogP contribution in [-0.2, 0) is 0 Å². The van der Waals surface area contributed by atoms with Gasteiger partial charge in [0.1, 0.15) is 0 Å². The Hall–Kier alpha value is -2.89. The highest BCUT2D eigenvalue weighted by Gasteiger charge is 2.18. The lowest BCUT2D eigenvalue weighted by Crippen LogP contribution is -2.35. The first-order chi connectivity index (χ1) is 14.1. The van der Waals surface area contributed by atoms with Crippen LogP contribution in [0, 0.1) is 0 Å². The molecule has 0 radical (unpaired) electrons. The van der Waals surface area contributed by atoms with Crippen molar-refractivity contribution < 1.29 is 15.0 Å². The Balaban J connectivity index is 2.05. The molecule has 0 unspecified atom stereocenters. The third-order valence-electron chi connectivity index (χ3n) is 3.77. The van der Waals surface area contributed by atoms with Crippen LogP contribution in [-0.4, -0.2) is 40.9 Å². The fourth-order valence-electron chi connectivity index (χ4n) is 2.42. The predicted octanol–water partition coefficient (Wildman–Crippen LogP) is 2.70. The molecule has 0 aliphatic rings. The number of benzene rings is 1. The molecular weight excluding hydrogens is 457 g/mol. The molecule has 0 saturated carbocycles. The van der Waals surface area contributed by atoms with Crippen molar-refractivity contribution >= 4 is 40.9 Å². The van der Waals surface area contributed by atoms with Crippen molar-refractivity contribution in [2.45, 2.75) is 29.8 Å². The number of aromatic nitrogens is 5. The van der Waals surface area contributed by atoms with Gasteiger partial charge in [0.25, 0.3) is 5.56 Å². The van der Waals surface area contributed by atoms with E-state index in [1.807, 2.05) is 18.8 Å².